The van der Waals surface area contributed by atoms with Gasteiger partial charge in [-0.15, -0.1) is 0 Å². The summed E-state index contributed by atoms with van der Waals surface area (Å²) >= 11 is 0. The molecule has 190 valence electrons. The summed E-state index contributed by atoms with van der Waals surface area (Å²) in [6, 6.07) is 16.6. The lowest BCUT2D eigenvalue weighted by Gasteiger charge is -2.33. The fraction of sp³-hybridized carbons (Fsp3) is 0.310. The Labute approximate surface area is 214 Å². The smallest absolute Gasteiger partial charge is 0.251 e. The largest absolute Gasteiger partial charge is 0.496 e. The van der Waals surface area contributed by atoms with Gasteiger partial charge in [0.25, 0.3) is 5.91 Å². The first-order chi connectivity index (χ1) is 18.1. The maximum absolute atomic E-state index is 14.5. The molecule has 3 aromatic carbocycles. The summed E-state index contributed by atoms with van der Waals surface area (Å²) in [5.74, 6) is 1.09. The fourth-order valence-electron chi connectivity index (χ4n) is 5.40. The van der Waals surface area contributed by atoms with E-state index in [0.29, 0.717) is 36.6 Å². The third kappa shape index (κ3) is 4.64. The van der Waals surface area contributed by atoms with Crippen molar-refractivity contribution in [2.75, 3.05) is 26.8 Å². The lowest BCUT2D eigenvalue weighted by atomic mass is 10.0. The Bertz CT molecular complexity index is 1470. The summed E-state index contributed by atoms with van der Waals surface area (Å²) < 4.78 is 25.4. The minimum atomic E-state index is -0.273. The monoisotopic (exact) mass is 500 g/mol. The summed E-state index contributed by atoms with van der Waals surface area (Å²) in [5.41, 5.74) is 5.02. The van der Waals surface area contributed by atoms with Crippen molar-refractivity contribution in [1.29, 1.82) is 0 Å². The van der Waals surface area contributed by atoms with E-state index in [1.807, 2.05) is 30.3 Å². The molecule has 0 radical (unpaired) electrons. The Morgan fingerprint density at radius 3 is 3.05 bits per heavy atom. The molecule has 1 aromatic heterocycles. The number of likely N-dealkylation sites (tertiary alicyclic amines) is 1. The van der Waals surface area contributed by atoms with Crippen LogP contribution in [-0.4, -0.2) is 53.9 Å². The summed E-state index contributed by atoms with van der Waals surface area (Å²) in [6.07, 6.45) is 2.70. The molecule has 2 N–H and O–H groups in total. The number of aromatic amines is 1. The molecule has 0 saturated carbocycles. The van der Waals surface area contributed by atoms with E-state index >= 15 is 0 Å². The zero-order valence-corrected chi connectivity index (χ0v) is 20.7. The maximum Gasteiger partial charge on any atom is 0.251 e. The number of rotatable bonds is 6. The van der Waals surface area contributed by atoms with Crippen molar-refractivity contribution >= 4 is 16.8 Å². The predicted octanol–water partition coefficient (Wildman–Crippen LogP) is 4.71. The molecule has 0 bridgehead atoms. The molecule has 7 nitrogen and oxygen atoms in total. The molecule has 1 atom stereocenters. The number of H-pyrrole nitrogens is 1. The minimum Gasteiger partial charge on any atom is -0.496 e. The van der Waals surface area contributed by atoms with Crippen LogP contribution >= 0.6 is 0 Å². The molecule has 1 saturated heterocycles. The van der Waals surface area contributed by atoms with Gasteiger partial charge in [-0.3, -0.25) is 14.8 Å². The first-order valence-corrected chi connectivity index (χ1v) is 12.7. The topological polar surface area (TPSA) is 79.5 Å². The van der Waals surface area contributed by atoms with Crippen molar-refractivity contribution < 1.29 is 18.7 Å². The number of piperidine rings is 1. The van der Waals surface area contributed by atoms with Crippen LogP contribution in [0.2, 0.25) is 0 Å². The molecule has 1 fully saturated rings. The van der Waals surface area contributed by atoms with E-state index in [2.05, 4.69) is 26.5 Å². The number of halogens is 1. The second kappa shape index (κ2) is 9.86. The van der Waals surface area contributed by atoms with Gasteiger partial charge in [-0.25, -0.2) is 4.39 Å². The van der Waals surface area contributed by atoms with Crippen LogP contribution in [0.5, 0.6) is 11.5 Å². The number of hydrogen-bond donors (Lipinski definition) is 2. The van der Waals surface area contributed by atoms with Crippen LogP contribution in [0.4, 0.5) is 4.39 Å². The van der Waals surface area contributed by atoms with Crippen LogP contribution in [0, 0.1) is 5.82 Å². The Morgan fingerprint density at radius 2 is 2.16 bits per heavy atom. The average molecular weight is 501 g/mol. The molecular weight excluding hydrogens is 471 g/mol. The molecule has 37 heavy (non-hydrogen) atoms. The van der Waals surface area contributed by atoms with Gasteiger partial charge in [0, 0.05) is 47.6 Å². The van der Waals surface area contributed by atoms with Crippen LogP contribution in [0.15, 0.2) is 54.6 Å². The quantitative estimate of drug-likeness (QED) is 0.401. The van der Waals surface area contributed by atoms with Gasteiger partial charge in [-0.2, -0.15) is 5.10 Å². The molecule has 6 rings (SSSR count). The number of fused-ring (bicyclic) bond motifs is 2. The lowest BCUT2D eigenvalue weighted by molar-refractivity contribution is 0.0899. The van der Waals surface area contributed by atoms with Crippen molar-refractivity contribution in [3.63, 3.8) is 0 Å². The molecule has 0 spiro atoms. The zero-order valence-electron chi connectivity index (χ0n) is 20.7. The third-order valence-electron chi connectivity index (χ3n) is 7.31. The van der Waals surface area contributed by atoms with Gasteiger partial charge in [0.05, 0.1) is 24.9 Å². The lowest BCUT2D eigenvalue weighted by Crippen LogP contribution is -2.47. The van der Waals surface area contributed by atoms with Crippen molar-refractivity contribution in [1.82, 2.24) is 20.4 Å². The molecule has 3 heterocycles. The maximum atomic E-state index is 14.5. The fourth-order valence-corrected chi connectivity index (χ4v) is 5.40. The molecular formula is C29H29FN4O3. The molecule has 8 heteroatoms. The van der Waals surface area contributed by atoms with Crippen LogP contribution in [0.1, 0.15) is 34.3 Å². The zero-order chi connectivity index (χ0) is 25.4. The molecule has 2 aliphatic heterocycles. The third-order valence-corrected chi connectivity index (χ3v) is 7.31. The normalized spacial score (nSPS) is 17.4. The summed E-state index contributed by atoms with van der Waals surface area (Å²) in [4.78, 5) is 15.4. The number of hydrogen-bond acceptors (Lipinski definition) is 5. The van der Waals surface area contributed by atoms with Crippen LogP contribution in [0.3, 0.4) is 0 Å². The highest BCUT2D eigenvalue weighted by molar-refractivity contribution is 6.01. The molecule has 1 unspecified atom stereocenters. The molecule has 1 amide bonds. The van der Waals surface area contributed by atoms with Gasteiger partial charge in [0.2, 0.25) is 0 Å². The molecule has 4 aromatic rings. The highest BCUT2D eigenvalue weighted by Crippen LogP contribution is 2.33. The number of nitrogens with zero attached hydrogens (tertiary/aromatic N) is 2. The van der Waals surface area contributed by atoms with Gasteiger partial charge in [0.1, 0.15) is 17.3 Å². The van der Waals surface area contributed by atoms with Gasteiger partial charge in [-0.1, -0.05) is 6.07 Å². The van der Waals surface area contributed by atoms with Crippen LogP contribution < -0.4 is 14.8 Å². The molecule has 2 aliphatic rings. The second-order valence-corrected chi connectivity index (χ2v) is 9.72. The second-order valence-electron chi connectivity index (χ2n) is 9.72. The molecule has 0 aliphatic carbocycles. The highest BCUT2D eigenvalue weighted by Gasteiger charge is 2.24. The summed E-state index contributed by atoms with van der Waals surface area (Å²) in [7, 11) is 1.55. The Kier molecular flexibility index (Phi) is 6.26. The Hall–Kier alpha value is -3.91. The highest BCUT2D eigenvalue weighted by atomic mass is 19.1. The number of aromatic nitrogens is 2. The van der Waals surface area contributed by atoms with Crippen molar-refractivity contribution in [3.05, 3.63) is 77.1 Å². The number of ether oxygens (including phenoxy) is 2. The van der Waals surface area contributed by atoms with Gasteiger partial charge >= 0.3 is 0 Å². The SMILES string of the molecule is COc1cccc(F)c1CN1CCCC(NC(=O)c2ccc3[nH]nc(-c4ccc5c(c4)CCO5)c3c2)C1. The first-order valence-electron chi connectivity index (χ1n) is 12.7. The van der Waals surface area contributed by atoms with E-state index in [0.717, 1.165) is 53.7 Å². The van der Waals surface area contributed by atoms with Crippen LogP contribution in [-0.2, 0) is 13.0 Å². The van der Waals surface area contributed by atoms with Gasteiger partial charge in [0.15, 0.2) is 0 Å². The van der Waals surface area contributed by atoms with E-state index in [4.69, 9.17) is 9.47 Å². The van der Waals surface area contributed by atoms with Gasteiger partial charge in [-0.05, 0) is 73.5 Å². The van der Waals surface area contributed by atoms with E-state index in [-0.39, 0.29) is 17.8 Å². The number of amides is 1. The van der Waals surface area contributed by atoms with Gasteiger partial charge < -0.3 is 14.8 Å². The number of carbonyl (C=O) groups is 1. The van der Waals surface area contributed by atoms with Crippen LogP contribution in [0.25, 0.3) is 22.2 Å². The number of carbonyl (C=O) groups excluding carboxylic acids is 1. The van der Waals surface area contributed by atoms with E-state index in [1.54, 1.807) is 19.2 Å². The van der Waals surface area contributed by atoms with E-state index < -0.39 is 0 Å². The Balaban J connectivity index is 1.18. The Morgan fingerprint density at radius 1 is 1.24 bits per heavy atom. The predicted molar refractivity (Wildman–Crippen MR) is 139 cm³/mol. The van der Waals surface area contributed by atoms with Crippen molar-refractivity contribution in [3.8, 4) is 22.8 Å². The first kappa shape index (κ1) is 23.5. The number of methoxy groups -OCH3 is 1. The minimum absolute atomic E-state index is 0.0183. The number of benzene rings is 3. The van der Waals surface area contributed by atoms with Crippen molar-refractivity contribution in [2.45, 2.75) is 31.8 Å². The van der Waals surface area contributed by atoms with E-state index in [1.165, 1.54) is 11.6 Å². The summed E-state index contributed by atoms with van der Waals surface area (Å²) in [6.45, 7) is 2.65. The number of nitrogens with one attached hydrogen (secondary N) is 2. The van der Waals surface area contributed by atoms with E-state index in [9.17, 15) is 9.18 Å². The van der Waals surface area contributed by atoms with Crippen molar-refractivity contribution in [2.24, 2.45) is 0 Å². The average Bonchev–Trinajstić information content (AvgIpc) is 3.56. The summed E-state index contributed by atoms with van der Waals surface area (Å²) in [5, 5.41) is 11.7. The standard InChI is InChI=1S/C29H29FN4O3/c1-36-27-6-2-5-24(30)23(27)17-34-12-3-4-21(16-34)31-29(35)20-7-9-25-22(15-20)28(33-32-25)19-8-10-26-18(14-19)11-13-37-26/h2,5-10,14-15,21H,3-4,11-13,16-17H2,1H3,(H,31,35)(H,32,33).